The van der Waals surface area contributed by atoms with Crippen molar-refractivity contribution in [2.75, 3.05) is 31.2 Å². The minimum absolute atomic E-state index is 0.0136. The van der Waals surface area contributed by atoms with Crippen LogP contribution in [0.2, 0.25) is 0 Å². The molecule has 3 aromatic carbocycles. The lowest BCUT2D eigenvalue weighted by molar-refractivity contribution is 0.0686. The van der Waals surface area contributed by atoms with Gasteiger partial charge in [0.2, 0.25) is 0 Å². The number of aromatic amines is 1. The Balaban J connectivity index is 1.75. The highest BCUT2D eigenvalue weighted by Gasteiger charge is 2.18. The smallest absolute Gasteiger partial charge is 0.335 e. The number of hydrogen-bond donors (Lipinski definition) is 5. The second-order valence-electron chi connectivity index (χ2n) is 9.88. The summed E-state index contributed by atoms with van der Waals surface area (Å²) >= 11 is 0. The number of nitrogens with zero attached hydrogens (tertiary/aromatic N) is 3. The molecule has 5 rings (SSSR count). The van der Waals surface area contributed by atoms with Crippen molar-refractivity contribution in [1.82, 2.24) is 14.3 Å². The molecule has 224 valence electrons. The number of anilines is 1. The number of hydrogen-bond acceptors (Lipinski definition) is 7. The van der Waals surface area contributed by atoms with Crippen LogP contribution in [-0.4, -0.2) is 73.0 Å². The highest BCUT2D eigenvalue weighted by atomic mass is 16.4. The molecule has 0 saturated heterocycles. The molecule has 44 heavy (non-hydrogen) atoms. The van der Waals surface area contributed by atoms with Crippen molar-refractivity contribution in [3.05, 3.63) is 121 Å². The number of aliphatic hydroxyl groups is 2. The second-order valence-corrected chi connectivity index (χ2v) is 9.88. The van der Waals surface area contributed by atoms with Crippen molar-refractivity contribution in [2.45, 2.75) is 0 Å². The van der Waals surface area contributed by atoms with E-state index in [4.69, 9.17) is 0 Å². The monoisotopic (exact) mass is 596 g/mol. The van der Waals surface area contributed by atoms with Crippen LogP contribution < -0.4 is 26.5 Å². The Morgan fingerprint density at radius 3 is 1.80 bits per heavy atom. The van der Waals surface area contributed by atoms with Gasteiger partial charge in [0.1, 0.15) is 5.65 Å². The van der Waals surface area contributed by atoms with E-state index in [1.54, 1.807) is 30.3 Å². The minimum Gasteiger partial charge on any atom is -0.478 e. The van der Waals surface area contributed by atoms with Crippen LogP contribution >= 0.6 is 0 Å². The minimum atomic E-state index is -1.14. The zero-order valence-corrected chi connectivity index (χ0v) is 23.3. The van der Waals surface area contributed by atoms with E-state index >= 15 is 0 Å². The number of rotatable bonds is 10. The Kier molecular flexibility index (Phi) is 8.29. The molecule has 0 radical (unpaired) electrons. The van der Waals surface area contributed by atoms with Crippen LogP contribution in [0.3, 0.4) is 0 Å². The van der Waals surface area contributed by atoms with Crippen LogP contribution in [0.4, 0.5) is 5.69 Å². The van der Waals surface area contributed by atoms with Crippen LogP contribution in [0.15, 0.2) is 82.4 Å². The summed E-state index contributed by atoms with van der Waals surface area (Å²) in [4.78, 5) is 52.4. The fourth-order valence-corrected chi connectivity index (χ4v) is 4.99. The van der Waals surface area contributed by atoms with Crippen molar-refractivity contribution in [1.29, 1.82) is 0 Å². The maximum atomic E-state index is 14.1. The lowest BCUT2D eigenvalue weighted by Gasteiger charge is -2.22. The van der Waals surface area contributed by atoms with Crippen LogP contribution in [0.1, 0.15) is 26.3 Å². The van der Waals surface area contributed by atoms with Crippen LogP contribution in [-0.2, 0) is 0 Å². The Bertz CT molecular complexity index is 2090. The Labute approximate surface area is 248 Å². The number of nitrogens with one attached hydrogen (secondary N) is 1. The van der Waals surface area contributed by atoms with Gasteiger partial charge in [0.25, 0.3) is 11.1 Å². The van der Waals surface area contributed by atoms with Gasteiger partial charge in [-0.1, -0.05) is 18.7 Å². The van der Waals surface area contributed by atoms with E-state index < -0.39 is 23.1 Å². The summed E-state index contributed by atoms with van der Waals surface area (Å²) in [5.41, 5.74) is 1.12. The number of benzene rings is 3. The molecule has 0 fully saturated rings. The van der Waals surface area contributed by atoms with Gasteiger partial charge >= 0.3 is 11.9 Å². The molecular weight excluding hydrogens is 568 g/mol. The molecule has 0 bridgehead atoms. The number of carbonyl (C=O) groups is 2. The number of carboxylic acids is 2. The van der Waals surface area contributed by atoms with E-state index in [1.807, 2.05) is 4.90 Å². The van der Waals surface area contributed by atoms with Crippen molar-refractivity contribution >= 4 is 41.3 Å². The van der Waals surface area contributed by atoms with Gasteiger partial charge in [0.05, 0.1) is 41.1 Å². The molecule has 0 spiro atoms. The van der Waals surface area contributed by atoms with E-state index in [0.29, 0.717) is 30.0 Å². The largest absolute Gasteiger partial charge is 0.478 e. The summed E-state index contributed by atoms with van der Waals surface area (Å²) in [5, 5.41) is 40.7. The number of fused-ring (bicyclic) bond motifs is 1. The van der Waals surface area contributed by atoms with E-state index in [0.717, 1.165) is 5.69 Å². The summed E-state index contributed by atoms with van der Waals surface area (Å²) in [7, 11) is 0. The predicted molar refractivity (Wildman–Crippen MR) is 165 cm³/mol. The number of aliphatic hydroxyl groups excluding tert-OH is 2. The van der Waals surface area contributed by atoms with Gasteiger partial charge in [-0.25, -0.2) is 14.3 Å². The summed E-state index contributed by atoms with van der Waals surface area (Å²) in [6, 6.07) is 18.3. The van der Waals surface area contributed by atoms with Gasteiger partial charge in [0.15, 0.2) is 0 Å². The third kappa shape index (κ3) is 5.54. The molecule has 0 atom stereocenters. The standard InChI is InChI=1S/C32H28N4O8/c1-19-26(18-20-2-8-23(9-3-20)34(14-16-37)15-17-38)29(39)35(24-10-4-21(5-11-24)31(41)42)28-27(19)30(40)36(33-28)25-12-6-22(7-13-25)32(43)44/h2-13,18,33,37-38H,1,14-17H2,(H,41,42)(H,43,44). The first kappa shape index (κ1) is 29.8. The zero-order valence-electron chi connectivity index (χ0n) is 23.3. The summed E-state index contributed by atoms with van der Waals surface area (Å²) in [5.74, 6) is -2.26. The lowest BCUT2D eigenvalue weighted by atomic mass is 10.1. The van der Waals surface area contributed by atoms with E-state index in [2.05, 4.69) is 11.7 Å². The quantitative estimate of drug-likeness (QED) is 0.157. The van der Waals surface area contributed by atoms with Crippen LogP contribution in [0.5, 0.6) is 0 Å². The Hall–Kier alpha value is -5.72. The zero-order chi connectivity index (χ0) is 31.5. The van der Waals surface area contributed by atoms with Crippen molar-refractivity contribution in [2.24, 2.45) is 0 Å². The molecular formula is C32H28N4O8. The van der Waals surface area contributed by atoms with Gasteiger partial charge < -0.3 is 25.3 Å². The van der Waals surface area contributed by atoms with Gasteiger partial charge in [-0.2, -0.15) is 0 Å². The molecule has 12 heteroatoms. The Morgan fingerprint density at radius 1 is 0.773 bits per heavy atom. The number of carboxylic acid groups (broad SMARTS) is 2. The first-order valence-corrected chi connectivity index (χ1v) is 13.5. The number of H-pyrrole nitrogens is 1. The summed E-state index contributed by atoms with van der Waals surface area (Å²) in [6.45, 7) is 4.55. The van der Waals surface area contributed by atoms with E-state index in [9.17, 15) is 39.6 Å². The fourth-order valence-electron chi connectivity index (χ4n) is 4.99. The van der Waals surface area contributed by atoms with Crippen molar-refractivity contribution in [3.8, 4) is 11.4 Å². The maximum Gasteiger partial charge on any atom is 0.335 e. The molecule has 0 aliphatic carbocycles. The molecule has 0 saturated carbocycles. The molecule has 0 aliphatic heterocycles. The summed E-state index contributed by atoms with van der Waals surface area (Å²) < 4.78 is 2.45. The SMILES string of the molecule is C=c1c(=Cc2ccc(N(CCO)CCO)cc2)c(=O)n(-c2ccc(C(=O)O)cc2)c2[nH]n(-c3ccc(C(=O)O)cc3)c(=O)c12. The average Bonchev–Trinajstić information content (AvgIpc) is 3.36. The number of pyridine rings is 1. The van der Waals surface area contributed by atoms with E-state index in [-0.39, 0.29) is 45.8 Å². The van der Waals surface area contributed by atoms with Crippen molar-refractivity contribution < 1.29 is 30.0 Å². The van der Waals surface area contributed by atoms with Crippen molar-refractivity contribution in [3.63, 3.8) is 0 Å². The van der Waals surface area contributed by atoms with E-state index in [1.165, 1.54) is 57.8 Å². The molecule has 5 aromatic rings. The van der Waals surface area contributed by atoms with Gasteiger partial charge in [0, 0.05) is 24.0 Å². The topological polar surface area (TPSA) is 178 Å². The Morgan fingerprint density at radius 2 is 1.30 bits per heavy atom. The molecule has 0 unspecified atom stereocenters. The molecule has 2 aromatic heterocycles. The molecule has 5 N–H and O–H groups in total. The maximum absolute atomic E-state index is 14.1. The third-order valence-corrected chi connectivity index (χ3v) is 7.21. The van der Waals surface area contributed by atoms with Crippen LogP contribution in [0.25, 0.3) is 35.1 Å². The fraction of sp³-hybridized carbons (Fsp3) is 0.125. The molecule has 12 nitrogen and oxygen atoms in total. The molecule has 2 heterocycles. The predicted octanol–water partition coefficient (Wildman–Crippen LogP) is 0.896. The second kappa shape index (κ2) is 12.3. The first-order valence-electron chi connectivity index (χ1n) is 13.5. The highest BCUT2D eigenvalue weighted by Crippen LogP contribution is 2.16. The van der Waals surface area contributed by atoms with Crippen LogP contribution in [0, 0.1) is 0 Å². The number of aromatic carboxylic acids is 2. The van der Waals surface area contributed by atoms with Gasteiger partial charge in [-0.15, -0.1) is 0 Å². The lowest BCUT2D eigenvalue weighted by Crippen LogP contribution is -2.45. The molecule has 0 aliphatic rings. The van der Waals surface area contributed by atoms with Gasteiger partial charge in [-0.3, -0.25) is 19.3 Å². The molecule has 0 amide bonds. The average molecular weight is 597 g/mol. The third-order valence-electron chi connectivity index (χ3n) is 7.21. The summed E-state index contributed by atoms with van der Waals surface area (Å²) in [6.07, 6.45) is 1.59. The first-order chi connectivity index (χ1) is 21.1. The highest BCUT2D eigenvalue weighted by molar-refractivity contribution is 5.88. The number of aromatic nitrogens is 3. The normalized spacial score (nSPS) is 11.6. The van der Waals surface area contributed by atoms with Gasteiger partial charge in [-0.05, 0) is 77.5 Å².